The fraction of sp³-hybridized carbons (Fsp3) is 0.250. The molecule has 4 heteroatoms. The lowest BCUT2D eigenvalue weighted by atomic mass is 10.4. The van der Waals surface area contributed by atoms with Gasteiger partial charge in [-0.1, -0.05) is 12.2 Å². The highest BCUT2D eigenvalue weighted by Crippen LogP contribution is 1.78. The van der Waals surface area contributed by atoms with Crippen molar-refractivity contribution >= 4 is 12.6 Å². The number of nitrogens with one attached hydrogen (secondary N) is 1. The molecule has 0 radical (unpaired) electrons. The Kier molecular flexibility index (Phi) is 8.18. The van der Waals surface area contributed by atoms with Crippen LogP contribution in [0.1, 0.15) is 6.42 Å². The van der Waals surface area contributed by atoms with E-state index in [1.165, 1.54) is 6.34 Å². The zero-order valence-electron chi connectivity index (χ0n) is 6.98. The number of nitrogens with zero attached hydrogens (tertiary/aromatic N) is 2. The fourth-order valence-corrected chi connectivity index (χ4v) is 0.467. The lowest BCUT2D eigenvalue weighted by molar-refractivity contribution is 0.829. The van der Waals surface area contributed by atoms with Crippen LogP contribution in [-0.4, -0.2) is 19.1 Å². The maximum absolute atomic E-state index is 5.01. The third-order valence-electron chi connectivity index (χ3n) is 0.937. The van der Waals surface area contributed by atoms with Gasteiger partial charge in [-0.25, -0.2) is 4.99 Å². The van der Waals surface area contributed by atoms with Gasteiger partial charge in [-0.05, 0) is 0 Å². The molecule has 0 saturated heterocycles. The van der Waals surface area contributed by atoms with Gasteiger partial charge in [0.15, 0.2) is 0 Å². The second-order valence-corrected chi connectivity index (χ2v) is 1.88. The summed E-state index contributed by atoms with van der Waals surface area (Å²) in [6.45, 7) is 4.22. The summed E-state index contributed by atoms with van der Waals surface area (Å²) in [6, 6.07) is 0. The number of aliphatic imine (C=N–C) groups is 1. The molecule has 0 amide bonds. The number of nitrogens with two attached hydrogens (primary N) is 1. The van der Waals surface area contributed by atoms with E-state index >= 15 is 0 Å². The molecule has 0 atom stereocenters. The molecule has 12 heavy (non-hydrogen) atoms. The summed E-state index contributed by atoms with van der Waals surface area (Å²) in [5, 5.41) is 3.88. The first-order valence-corrected chi connectivity index (χ1v) is 3.65. The van der Waals surface area contributed by atoms with E-state index in [-0.39, 0.29) is 0 Å². The summed E-state index contributed by atoms with van der Waals surface area (Å²) in [4.78, 5) is 3.68. The summed E-state index contributed by atoms with van der Waals surface area (Å²) < 4.78 is 0. The van der Waals surface area contributed by atoms with Gasteiger partial charge in [-0.3, -0.25) is 0 Å². The van der Waals surface area contributed by atoms with Crippen LogP contribution in [0.15, 0.2) is 35.0 Å². The molecule has 3 N–H and O–H groups in total. The van der Waals surface area contributed by atoms with Gasteiger partial charge in [0.25, 0.3) is 0 Å². The maximum Gasteiger partial charge on any atom is 0.0852 e. The molecule has 66 valence electrons. The molecule has 0 fully saturated rings. The second-order valence-electron chi connectivity index (χ2n) is 1.88. The Balaban J connectivity index is 3.29. The minimum atomic E-state index is 0.682. The quantitative estimate of drug-likeness (QED) is 0.200. The smallest absolute Gasteiger partial charge is 0.0852 e. The van der Waals surface area contributed by atoms with Crippen LogP contribution in [0, 0.1) is 0 Å². The Morgan fingerprint density at radius 2 is 2.33 bits per heavy atom. The molecule has 0 aromatic rings. The summed E-state index contributed by atoms with van der Waals surface area (Å²) in [5.74, 6) is 0. The second kappa shape index (κ2) is 9.42. The normalized spacial score (nSPS) is 11.7. The molecule has 0 aliphatic carbocycles. The van der Waals surface area contributed by atoms with Gasteiger partial charge in [-0.2, -0.15) is 5.10 Å². The van der Waals surface area contributed by atoms with Crippen LogP contribution in [-0.2, 0) is 0 Å². The van der Waals surface area contributed by atoms with Gasteiger partial charge in [0.1, 0.15) is 0 Å². The number of allylic oxidation sites excluding steroid dienone is 1. The Hall–Kier alpha value is -1.58. The predicted molar refractivity (Wildman–Crippen MR) is 53.1 cm³/mol. The Morgan fingerprint density at radius 1 is 1.50 bits per heavy atom. The van der Waals surface area contributed by atoms with Gasteiger partial charge in [0, 0.05) is 18.8 Å². The van der Waals surface area contributed by atoms with Crippen molar-refractivity contribution in [3.8, 4) is 0 Å². The van der Waals surface area contributed by atoms with Gasteiger partial charge in [0.2, 0.25) is 0 Å². The predicted octanol–water partition coefficient (Wildman–Crippen LogP) is 0.639. The minimum absolute atomic E-state index is 0.682. The van der Waals surface area contributed by atoms with Crippen molar-refractivity contribution in [1.82, 2.24) is 5.43 Å². The van der Waals surface area contributed by atoms with Crippen LogP contribution in [0.25, 0.3) is 0 Å². The van der Waals surface area contributed by atoms with Gasteiger partial charge in [0.05, 0.1) is 12.9 Å². The van der Waals surface area contributed by atoms with Crippen molar-refractivity contribution in [2.45, 2.75) is 6.42 Å². The van der Waals surface area contributed by atoms with Gasteiger partial charge in [-0.15, -0.1) is 6.58 Å². The zero-order chi connectivity index (χ0) is 9.07. The van der Waals surface area contributed by atoms with Crippen LogP contribution >= 0.6 is 0 Å². The molecule has 0 aromatic carbocycles. The summed E-state index contributed by atoms with van der Waals surface area (Å²) in [6.07, 6.45) is 8.94. The third kappa shape index (κ3) is 8.42. The van der Waals surface area contributed by atoms with Crippen molar-refractivity contribution in [2.24, 2.45) is 15.8 Å². The molecule has 0 aliphatic rings. The van der Waals surface area contributed by atoms with Gasteiger partial charge >= 0.3 is 0 Å². The lowest BCUT2D eigenvalue weighted by Gasteiger charge is -1.89. The number of hydrazone groups is 1. The van der Waals surface area contributed by atoms with Crippen LogP contribution in [0.3, 0.4) is 0 Å². The molecular weight excluding hydrogens is 152 g/mol. The summed E-state index contributed by atoms with van der Waals surface area (Å²) in [7, 11) is 0. The molecule has 0 spiro atoms. The molecule has 0 rings (SSSR count). The largest absolute Gasteiger partial charge is 0.390 e. The molecule has 0 aromatic heterocycles. The van der Waals surface area contributed by atoms with Crippen LogP contribution in [0.4, 0.5) is 0 Å². The van der Waals surface area contributed by atoms with E-state index in [4.69, 9.17) is 5.73 Å². The lowest BCUT2D eigenvalue weighted by Crippen LogP contribution is -2.03. The average Bonchev–Trinajstić information content (AvgIpc) is 2.10. The number of hydrogen-bond acceptors (Lipinski definition) is 3. The highest BCUT2D eigenvalue weighted by atomic mass is 15.3. The molecule has 0 bridgehead atoms. The first-order chi connectivity index (χ1) is 5.91. The highest BCUT2D eigenvalue weighted by molar-refractivity contribution is 5.59. The van der Waals surface area contributed by atoms with Gasteiger partial charge < -0.3 is 11.2 Å². The molecule has 4 nitrogen and oxygen atoms in total. The van der Waals surface area contributed by atoms with Crippen molar-refractivity contribution in [2.75, 3.05) is 6.54 Å². The summed E-state index contributed by atoms with van der Waals surface area (Å²) >= 11 is 0. The van der Waals surface area contributed by atoms with Crippen molar-refractivity contribution in [3.05, 3.63) is 24.9 Å². The molecular formula is C8H14N4. The number of rotatable bonds is 6. The third-order valence-corrected chi connectivity index (χ3v) is 0.937. The molecule has 0 unspecified atom stereocenters. The topological polar surface area (TPSA) is 62.8 Å². The molecule has 0 saturated carbocycles. The van der Waals surface area contributed by atoms with E-state index in [1.54, 1.807) is 18.5 Å². The van der Waals surface area contributed by atoms with Crippen LogP contribution in [0.2, 0.25) is 0 Å². The Labute approximate surface area is 72.6 Å². The van der Waals surface area contributed by atoms with E-state index in [2.05, 4.69) is 22.1 Å². The monoisotopic (exact) mass is 166 g/mol. The highest BCUT2D eigenvalue weighted by Gasteiger charge is 1.71. The fourth-order valence-electron chi connectivity index (χ4n) is 0.467. The van der Waals surface area contributed by atoms with E-state index in [1.807, 2.05) is 6.08 Å². The average molecular weight is 166 g/mol. The standard InChI is InChI=1S/C8H14N4/c1-2-5-11-12-7-4-3-6-10-8-9/h2-3,6-8,11H,1,4-5H2,(H2,9,10)/b6-3+,12-7-. The van der Waals surface area contributed by atoms with E-state index in [0.717, 1.165) is 6.42 Å². The van der Waals surface area contributed by atoms with E-state index < -0.39 is 0 Å². The maximum atomic E-state index is 5.01. The van der Waals surface area contributed by atoms with E-state index in [0.29, 0.717) is 6.54 Å². The van der Waals surface area contributed by atoms with Crippen molar-refractivity contribution < 1.29 is 0 Å². The molecule has 0 aliphatic heterocycles. The van der Waals surface area contributed by atoms with Crippen LogP contribution in [0.5, 0.6) is 0 Å². The Morgan fingerprint density at radius 3 is 3.00 bits per heavy atom. The van der Waals surface area contributed by atoms with Crippen LogP contribution < -0.4 is 11.2 Å². The number of hydrogen-bond donors (Lipinski definition) is 2. The Bertz CT molecular complexity index is 181. The van der Waals surface area contributed by atoms with Crippen molar-refractivity contribution in [3.63, 3.8) is 0 Å². The first kappa shape index (κ1) is 10.4. The van der Waals surface area contributed by atoms with Crippen molar-refractivity contribution in [1.29, 1.82) is 0 Å². The zero-order valence-corrected chi connectivity index (χ0v) is 6.98. The molecule has 0 heterocycles. The SMILES string of the molecule is C=CCN/N=C\C/C=C/N=CN. The van der Waals surface area contributed by atoms with E-state index in [9.17, 15) is 0 Å². The minimum Gasteiger partial charge on any atom is -0.390 e. The first-order valence-electron chi connectivity index (χ1n) is 3.65. The summed E-state index contributed by atoms with van der Waals surface area (Å²) in [5.41, 5.74) is 7.79.